The van der Waals surface area contributed by atoms with E-state index in [1.807, 2.05) is 17.7 Å². The van der Waals surface area contributed by atoms with Crippen molar-refractivity contribution in [2.24, 2.45) is 0 Å². The van der Waals surface area contributed by atoms with Crippen LogP contribution in [0.5, 0.6) is 0 Å². The minimum absolute atomic E-state index is 0.0884. The number of amides is 2. The van der Waals surface area contributed by atoms with Crippen LogP contribution in [0, 0.1) is 6.92 Å². The first-order valence-electron chi connectivity index (χ1n) is 7.68. The highest BCUT2D eigenvalue weighted by atomic mass is 32.1. The molecule has 3 rings (SSSR count). The summed E-state index contributed by atoms with van der Waals surface area (Å²) >= 11 is 1.70. The summed E-state index contributed by atoms with van der Waals surface area (Å²) in [7, 11) is 0. The van der Waals surface area contributed by atoms with Gasteiger partial charge in [0.2, 0.25) is 0 Å². The Bertz CT molecular complexity index is 622. The molecule has 0 aromatic carbocycles. The van der Waals surface area contributed by atoms with Crippen molar-refractivity contribution in [1.29, 1.82) is 0 Å². The molecular weight excluding hydrogens is 298 g/mol. The Balaban J connectivity index is 1.44. The SMILES string of the molecule is Cc1nc2c(s1)[C@@H](NC(=O)NCCCn1ccnc1)CCC2. The van der Waals surface area contributed by atoms with Crippen LogP contribution < -0.4 is 10.6 Å². The Morgan fingerprint density at radius 1 is 1.55 bits per heavy atom. The fraction of sp³-hybridized carbons (Fsp3) is 0.533. The second kappa shape index (κ2) is 6.91. The zero-order chi connectivity index (χ0) is 15.4. The van der Waals surface area contributed by atoms with Crippen LogP contribution >= 0.6 is 11.3 Å². The van der Waals surface area contributed by atoms with Crippen molar-refractivity contribution in [2.75, 3.05) is 6.54 Å². The Labute approximate surface area is 134 Å². The molecule has 2 N–H and O–H groups in total. The smallest absolute Gasteiger partial charge is 0.315 e. The zero-order valence-corrected chi connectivity index (χ0v) is 13.5. The summed E-state index contributed by atoms with van der Waals surface area (Å²) in [5.74, 6) is 0. The number of urea groups is 1. The summed E-state index contributed by atoms with van der Waals surface area (Å²) in [6.45, 7) is 3.55. The highest BCUT2D eigenvalue weighted by Crippen LogP contribution is 2.33. The van der Waals surface area contributed by atoms with E-state index in [1.54, 1.807) is 23.9 Å². The fourth-order valence-corrected chi connectivity index (χ4v) is 3.83. The molecule has 22 heavy (non-hydrogen) atoms. The van der Waals surface area contributed by atoms with Gasteiger partial charge in [0.25, 0.3) is 0 Å². The summed E-state index contributed by atoms with van der Waals surface area (Å²) in [4.78, 5) is 21.8. The van der Waals surface area contributed by atoms with Crippen LogP contribution in [0.1, 0.15) is 40.9 Å². The lowest BCUT2D eigenvalue weighted by Gasteiger charge is -2.22. The number of thiazole rings is 1. The number of rotatable bonds is 5. The first-order chi connectivity index (χ1) is 10.7. The Kier molecular flexibility index (Phi) is 4.72. The van der Waals surface area contributed by atoms with Crippen molar-refractivity contribution in [2.45, 2.75) is 45.2 Å². The third-order valence-electron chi connectivity index (χ3n) is 3.80. The zero-order valence-electron chi connectivity index (χ0n) is 12.7. The van der Waals surface area contributed by atoms with Crippen LogP contribution in [-0.2, 0) is 13.0 Å². The number of fused-ring (bicyclic) bond motifs is 1. The maximum atomic E-state index is 12.0. The molecule has 7 heteroatoms. The van der Waals surface area contributed by atoms with Gasteiger partial charge in [-0.2, -0.15) is 0 Å². The molecular formula is C15H21N5OS. The molecule has 0 aliphatic heterocycles. The number of aromatic nitrogens is 3. The van der Waals surface area contributed by atoms with E-state index in [1.165, 1.54) is 10.6 Å². The van der Waals surface area contributed by atoms with E-state index < -0.39 is 0 Å². The van der Waals surface area contributed by atoms with Gasteiger partial charge >= 0.3 is 6.03 Å². The Morgan fingerprint density at radius 3 is 3.27 bits per heavy atom. The highest BCUT2D eigenvalue weighted by molar-refractivity contribution is 7.11. The van der Waals surface area contributed by atoms with Crippen molar-refractivity contribution in [3.05, 3.63) is 34.3 Å². The van der Waals surface area contributed by atoms with Crippen LogP contribution in [0.2, 0.25) is 0 Å². The summed E-state index contributed by atoms with van der Waals surface area (Å²) in [6.07, 6.45) is 9.48. The van der Waals surface area contributed by atoms with Crippen molar-refractivity contribution < 1.29 is 4.79 Å². The lowest BCUT2D eigenvalue weighted by Crippen LogP contribution is -2.39. The normalized spacial score (nSPS) is 17.0. The summed E-state index contributed by atoms with van der Waals surface area (Å²) in [5.41, 5.74) is 1.17. The van der Waals surface area contributed by atoms with Gasteiger partial charge in [0.05, 0.1) is 27.9 Å². The standard InChI is InChI=1S/C15H21N5OS/c1-11-18-12-4-2-5-13(14(12)22-11)19-15(21)17-6-3-8-20-9-7-16-10-20/h7,9-10,13H,2-6,8H2,1H3,(H2,17,19,21)/t13-/m0/s1. The van der Waals surface area contributed by atoms with Crippen LogP contribution in [0.15, 0.2) is 18.7 Å². The number of aryl methyl sites for hydroxylation is 3. The van der Waals surface area contributed by atoms with Gasteiger partial charge in [-0.05, 0) is 32.6 Å². The molecule has 0 saturated heterocycles. The monoisotopic (exact) mass is 319 g/mol. The van der Waals surface area contributed by atoms with Crippen LogP contribution in [0.25, 0.3) is 0 Å². The lowest BCUT2D eigenvalue weighted by atomic mass is 9.98. The molecule has 6 nitrogen and oxygen atoms in total. The predicted octanol–water partition coefficient (Wildman–Crippen LogP) is 2.41. The van der Waals surface area contributed by atoms with Crippen LogP contribution in [0.3, 0.4) is 0 Å². The van der Waals surface area contributed by atoms with Crippen molar-refractivity contribution >= 4 is 17.4 Å². The molecule has 2 heterocycles. The molecule has 1 aliphatic rings. The largest absolute Gasteiger partial charge is 0.338 e. The quantitative estimate of drug-likeness (QED) is 0.831. The highest BCUT2D eigenvalue weighted by Gasteiger charge is 2.24. The molecule has 0 saturated carbocycles. The molecule has 2 amide bonds. The molecule has 118 valence electrons. The second-order valence-corrected chi connectivity index (χ2v) is 6.78. The number of hydrogen-bond acceptors (Lipinski definition) is 4. The van der Waals surface area contributed by atoms with E-state index in [4.69, 9.17) is 0 Å². The fourth-order valence-electron chi connectivity index (χ4n) is 2.77. The average molecular weight is 319 g/mol. The first-order valence-corrected chi connectivity index (χ1v) is 8.50. The number of nitrogens with zero attached hydrogens (tertiary/aromatic N) is 3. The molecule has 2 aromatic rings. The third kappa shape index (κ3) is 3.65. The third-order valence-corrected chi connectivity index (χ3v) is 4.93. The van der Waals surface area contributed by atoms with Gasteiger partial charge in [0.15, 0.2) is 0 Å². The Morgan fingerprint density at radius 2 is 2.45 bits per heavy atom. The van der Waals surface area contributed by atoms with E-state index in [-0.39, 0.29) is 12.1 Å². The van der Waals surface area contributed by atoms with E-state index >= 15 is 0 Å². The topological polar surface area (TPSA) is 71.8 Å². The molecule has 0 bridgehead atoms. The first kappa shape index (κ1) is 15.0. The Hall–Kier alpha value is -1.89. The second-order valence-electron chi connectivity index (χ2n) is 5.54. The van der Waals surface area contributed by atoms with Gasteiger partial charge in [-0.15, -0.1) is 11.3 Å². The maximum absolute atomic E-state index is 12.0. The van der Waals surface area contributed by atoms with E-state index in [9.17, 15) is 4.79 Å². The molecule has 0 unspecified atom stereocenters. The number of imidazole rings is 1. The van der Waals surface area contributed by atoms with Gasteiger partial charge < -0.3 is 15.2 Å². The van der Waals surface area contributed by atoms with Gasteiger partial charge in [0, 0.05) is 25.5 Å². The predicted molar refractivity (Wildman–Crippen MR) is 85.9 cm³/mol. The van der Waals surface area contributed by atoms with E-state index in [2.05, 4.69) is 20.6 Å². The van der Waals surface area contributed by atoms with Crippen molar-refractivity contribution in [3.8, 4) is 0 Å². The van der Waals surface area contributed by atoms with Gasteiger partial charge in [-0.1, -0.05) is 0 Å². The minimum atomic E-state index is -0.0884. The van der Waals surface area contributed by atoms with Crippen molar-refractivity contribution in [3.63, 3.8) is 0 Å². The average Bonchev–Trinajstić information content (AvgIpc) is 3.12. The van der Waals surface area contributed by atoms with Gasteiger partial charge in [-0.3, -0.25) is 0 Å². The number of carbonyl (C=O) groups excluding carboxylic acids is 1. The number of hydrogen-bond donors (Lipinski definition) is 2. The van der Waals surface area contributed by atoms with E-state index in [0.717, 1.165) is 37.2 Å². The molecule has 1 atom stereocenters. The maximum Gasteiger partial charge on any atom is 0.315 e. The van der Waals surface area contributed by atoms with Crippen molar-refractivity contribution in [1.82, 2.24) is 25.2 Å². The van der Waals surface area contributed by atoms with Crippen LogP contribution in [0.4, 0.5) is 4.79 Å². The molecule has 1 aliphatic carbocycles. The summed E-state index contributed by atoms with van der Waals surface area (Å²) < 4.78 is 2.01. The van der Waals surface area contributed by atoms with E-state index in [0.29, 0.717) is 6.54 Å². The molecule has 2 aromatic heterocycles. The van der Waals surface area contributed by atoms with Gasteiger partial charge in [-0.25, -0.2) is 14.8 Å². The van der Waals surface area contributed by atoms with Gasteiger partial charge in [0.1, 0.15) is 0 Å². The summed E-state index contributed by atoms with van der Waals surface area (Å²) in [6, 6.07) is 0.0260. The van der Waals surface area contributed by atoms with Crippen LogP contribution in [-0.4, -0.2) is 27.1 Å². The lowest BCUT2D eigenvalue weighted by molar-refractivity contribution is 0.235. The minimum Gasteiger partial charge on any atom is -0.338 e. The molecule has 0 radical (unpaired) electrons. The molecule has 0 spiro atoms. The number of carbonyl (C=O) groups is 1. The summed E-state index contributed by atoms with van der Waals surface area (Å²) in [5, 5.41) is 7.10. The number of nitrogens with one attached hydrogen (secondary N) is 2. The molecule has 0 fully saturated rings.